The average Bonchev–Trinajstić information content (AvgIpc) is 3.46. The van der Waals surface area contributed by atoms with Crippen LogP contribution >= 0.6 is 0 Å². The van der Waals surface area contributed by atoms with Crippen molar-refractivity contribution in [1.29, 1.82) is 0 Å². The number of rotatable bonds is 6. The van der Waals surface area contributed by atoms with Gasteiger partial charge in [0.05, 0.1) is 12.3 Å². The molecule has 8 nitrogen and oxygen atoms in total. The van der Waals surface area contributed by atoms with E-state index in [1.54, 1.807) is 35.4 Å². The third-order valence-electron chi connectivity index (χ3n) is 5.57. The first kappa shape index (κ1) is 20.3. The molecule has 0 bridgehead atoms. The predicted molar refractivity (Wildman–Crippen MR) is 108 cm³/mol. The van der Waals surface area contributed by atoms with E-state index in [0.29, 0.717) is 30.7 Å². The Bertz CT molecular complexity index is 923. The number of fused-ring (bicyclic) bond motifs is 1. The minimum atomic E-state index is -0.696. The zero-order chi connectivity index (χ0) is 21.3. The van der Waals surface area contributed by atoms with Crippen molar-refractivity contribution < 1.29 is 23.5 Å². The summed E-state index contributed by atoms with van der Waals surface area (Å²) in [4.78, 5) is 43.7. The molecule has 1 N–H and O–H groups in total. The zero-order valence-electron chi connectivity index (χ0n) is 17.0. The van der Waals surface area contributed by atoms with E-state index in [1.807, 2.05) is 13.8 Å². The molecular weight excluding hydrogens is 386 g/mol. The predicted octanol–water partition coefficient (Wildman–Crippen LogP) is 2.05. The molecule has 2 aliphatic heterocycles. The van der Waals surface area contributed by atoms with Gasteiger partial charge in [0.25, 0.3) is 5.91 Å². The zero-order valence-corrected chi connectivity index (χ0v) is 17.0. The van der Waals surface area contributed by atoms with E-state index in [1.165, 1.54) is 6.39 Å². The van der Waals surface area contributed by atoms with E-state index < -0.39 is 12.1 Å². The highest BCUT2D eigenvalue weighted by molar-refractivity contribution is 5.99. The molecule has 2 aliphatic rings. The van der Waals surface area contributed by atoms with Crippen molar-refractivity contribution in [3.05, 3.63) is 42.4 Å². The highest BCUT2D eigenvalue weighted by Crippen LogP contribution is 2.28. The third kappa shape index (κ3) is 4.00. The first-order valence-electron chi connectivity index (χ1n) is 10.2. The third-order valence-corrected chi connectivity index (χ3v) is 5.57. The monoisotopic (exact) mass is 411 g/mol. The number of nitrogens with one attached hydrogen (secondary N) is 1. The highest BCUT2D eigenvalue weighted by atomic mass is 16.5. The molecule has 0 saturated carbocycles. The maximum atomic E-state index is 13.2. The fourth-order valence-electron chi connectivity index (χ4n) is 4.12. The number of ketones is 1. The number of carbonyl (C=O) groups is 3. The van der Waals surface area contributed by atoms with Crippen molar-refractivity contribution in [2.75, 3.05) is 13.2 Å². The molecule has 2 amide bonds. The first-order valence-corrected chi connectivity index (χ1v) is 10.2. The molecule has 3 unspecified atom stereocenters. The topological polar surface area (TPSA) is 102 Å². The Morgan fingerprint density at radius 1 is 1.27 bits per heavy atom. The van der Waals surface area contributed by atoms with Crippen LogP contribution in [0.4, 0.5) is 0 Å². The number of oxazole rings is 1. The lowest BCUT2D eigenvalue weighted by atomic mass is 10.0. The van der Waals surface area contributed by atoms with E-state index >= 15 is 0 Å². The van der Waals surface area contributed by atoms with Crippen molar-refractivity contribution in [2.24, 2.45) is 5.92 Å². The van der Waals surface area contributed by atoms with E-state index in [-0.39, 0.29) is 36.2 Å². The summed E-state index contributed by atoms with van der Waals surface area (Å²) in [5.41, 5.74) is 1.25. The molecule has 3 heterocycles. The second-order valence-electron chi connectivity index (χ2n) is 8.18. The summed E-state index contributed by atoms with van der Waals surface area (Å²) in [6.07, 6.45) is 3.86. The lowest BCUT2D eigenvalue weighted by Crippen LogP contribution is -2.52. The number of ether oxygens (including phenoxy) is 1. The maximum absolute atomic E-state index is 13.2. The van der Waals surface area contributed by atoms with Crippen LogP contribution in [0.2, 0.25) is 0 Å². The summed E-state index contributed by atoms with van der Waals surface area (Å²) in [6, 6.07) is 5.70. The lowest BCUT2D eigenvalue weighted by Gasteiger charge is -2.28. The average molecular weight is 411 g/mol. The van der Waals surface area contributed by atoms with E-state index in [4.69, 9.17) is 9.15 Å². The fourth-order valence-corrected chi connectivity index (χ4v) is 4.12. The van der Waals surface area contributed by atoms with Crippen molar-refractivity contribution in [3.8, 4) is 11.3 Å². The van der Waals surface area contributed by atoms with Gasteiger partial charge in [-0.25, -0.2) is 4.98 Å². The van der Waals surface area contributed by atoms with E-state index in [9.17, 15) is 14.4 Å². The Labute approximate surface area is 174 Å². The van der Waals surface area contributed by atoms with Gasteiger partial charge in [-0.05, 0) is 30.9 Å². The van der Waals surface area contributed by atoms with Crippen LogP contribution in [0.1, 0.15) is 37.0 Å². The molecular formula is C22H25N3O5. The van der Waals surface area contributed by atoms with Gasteiger partial charge in [-0.2, -0.15) is 0 Å². The summed E-state index contributed by atoms with van der Waals surface area (Å²) in [7, 11) is 0. The number of hydrogen-bond donors (Lipinski definition) is 1. The van der Waals surface area contributed by atoms with Gasteiger partial charge in [0, 0.05) is 17.7 Å². The minimum absolute atomic E-state index is 0.0534. The quantitative estimate of drug-likeness (QED) is 0.781. The van der Waals surface area contributed by atoms with Crippen molar-refractivity contribution in [1.82, 2.24) is 15.2 Å². The molecule has 2 fully saturated rings. The van der Waals surface area contributed by atoms with Crippen LogP contribution in [0.15, 0.2) is 41.3 Å². The van der Waals surface area contributed by atoms with Crippen LogP contribution in [0, 0.1) is 5.92 Å². The number of benzene rings is 1. The Balaban J connectivity index is 1.48. The Hall–Kier alpha value is -3.00. The van der Waals surface area contributed by atoms with Crippen molar-refractivity contribution >= 4 is 17.6 Å². The molecule has 4 rings (SSSR count). The van der Waals surface area contributed by atoms with Gasteiger partial charge in [0.15, 0.2) is 17.9 Å². The molecule has 0 aliphatic carbocycles. The van der Waals surface area contributed by atoms with Crippen LogP contribution in [-0.4, -0.2) is 58.8 Å². The van der Waals surface area contributed by atoms with Crippen LogP contribution in [-0.2, 0) is 14.3 Å². The van der Waals surface area contributed by atoms with Crippen LogP contribution < -0.4 is 5.32 Å². The number of Topliss-reactive ketones (excluding diaryl/α,β-unsaturated/α-hetero) is 1. The number of aromatic nitrogens is 1. The molecule has 0 spiro atoms. The van der Waals surface area contributed by atoms with Gasteiger partial charge >= 0.3 is 0 Å². The molecule has 2 saturated heterocycles. The van der Waals surface area contributed by atoms with E-state index in [0.717, 1.165) is 5.56 Å². The summed E-state index contributed by atoms with van der Waals surface area (Å²) < 4.78 is 10.7. The van der Waals surface area contributed by atoms with Gasteiger partial charge in [-0.3, -0.25) is 14.4 Å². The SMILES string of the molecule is CC(C)CC(NC(=O)c1ccc(-c2cnco2)cc1)C(=O)N1CCC2OCC(=O)C21. The maximum Gasteiger partial charge on any atom is 0.251 e. The van der Waals surface area contributed by atoms with Crippen LogP contribution in [0.25, 0.3) is 11.3 Å². The molecule has 2 aromatic rings. The second-order valence-corrected chi connectivity index (χ2v) is 8.18. The van der Waals surface area contributed by atoms with Crippen molar-refractivity contribution in [2.45, 2.75) is 44.9 Å². The normalized spacial score (nSPS) is 21.7. The molecule has 3 atom stereocenters. The Kier molecular flexibility index (Phi) is 5.67. The summed E-state index contributed by atoms with van der Waals surface area (Å²) >= 11 is 0. The second kappa shape index (κ2) is 8.39. The molecule has 30 heavy (non-hydrogen) atoms. The smallest absolute Gasteiger partial charge is 0.251 e. The minimum Gasteiger partial charge on any atom is -0.444 e. The largest absolute Gasteiger partial charge is 0.444 e. The molecule has 1 aromatic carbocycles. The van der Waals surface area contributed by atoms with Crippen molar-refractivity contribution in [3.63, 3.8) is 0 Å². The lowest BCUT2D eigenvalue weighted by molar-refractivity contribution is -0.138. The summed E-state index contributed by atoms with van der Waals surface area (Å²) in [6.45, 7) is 4.51. The van der Waals surface area contributed by atoms with Gasteiger partial charge < -0.3 is 19.4 Å². The molecule has 158 valence electrons. The standard InChI is InChI=1S/C22H25N3O5/c1-13(2)9-16(22(28)25-8-7-18-20(25)17(26)11-29-18)24-21(27)15-5-3-14(4-6-15)19-10-23-12-30-19/h3-6,10,12-13,16,18,20H,7-9,11H2,1-2H3,(H,24,27). The fraction of sp³-hybridized carbons (Fsp3) is 0.455. The van der Waals surface area contributed by atoms with Gasteiger partial charge in [-0.1, -0.05) is 26.0 Å². The van der Waals surface area contributed by atoms with Gasteiger partial charge in [-0.15, -0.1) is 0 Å². The van der Waals surface area contributed by atoms with E-state index in [2.05, 4.69) is 10.3 Å². The summed E-state index contributed by atoms with van der Waals surface area (Å²) in [5, 5.41) is 2.87. The summed E-state index contributed by atoms with van der Waals surface area (Å²) in [5.74, 6) is 0.192. The first-order chi connectivity index (χ1) is 14.4. The number of likely N-dealkylation sites (tertiary alicyclic amines) is 1. The number of amides is 2. The van der Waals surface area contributed by atoms with Gasteiger partial charge in [0.1, 0.15) is 18.7 Å². The van der Waals surface area contributed by atoms with Crippen LogP contribution in [0.5, 0.6) is 0 Å². The number of hydrogen-bond acceptors (Lipinski definition) is 6. The molecule has 0 radical (unpaired) electrons. The van der Waals surface area contributed by atoms with Crippen LogP contribution in [0.3, 0.4) is 0 Å². The number of carbonyl (C=O) groups excluding carboxylic acids is 3. The number of nitrogens with zero attached hydrogens (tertiary/aromatic N) is 2. The highest BCUT2D eigenvalue weighted by Gasteiger charge is 2.48. The molecule has 1 aromatic heterocycles. The molecule has 8 heteroatoms. The Morgan fingerprint density at radius 2 is 2.03 bits per heavy atom. The van der Waals surface area contributed by atoms with Gasteiger partial charge in [0.2, 0.25) is 5.91 Å². The Morgan fingerprint density at radius 3 is 2.70 bits per heavy atom.